The van der Waals surface area contributed by atoms with Gasteiger partial charge in [0.1, 0.15) is 5.60 Å². The predicted molar refractivity (Wildman–Crippen MR) is 111 cm³/mol. The van der Waals surface area contributed by atoms with Gasteiger partial charge in [0.15, 0.2) is 23.6 Å². The fourth-order valence-corrected chi connectivity index (χ4v) is 5.87. The Kier molecular flexibility index (Phi) is 5.60. The van der Waals surface area contributed by atoms with Crippen LogP contribution in [0.15, 0.2) is 24.3 Å². The number of Topliss-reactive ketones (excluding diaryl/α,β-unsaturated/α-hetero) is 1. The molecule has 31 heavy (non-hydrogen) atoms. The first-order valence-corrected chi connectivity index (χ1v) is 10.6. The molecular weight excluding hydrogens is 404 g/mol. The summed E-state index contributed by atoms with van der Waals surface area (Å²) in [4.78, 5) is 26.0. The van der Waals surface area contributed by atoms with Crippen molar-refractivity contribution in [3.63, 3.8) is 0 Å². The topological polar surface area (TPSA) is 134 Å². The van der Waals surface area contributed by atoms with Gasteiger partial charge in [0.25, 0.3) is 0 Å². The summed E-state index contributed by atoms with van der Waals surface area (Å²) in [6.45, 7) is 11.6. The third kappa shape index (κ3) is 3.07. The van der Waals surface area contributed by atoms with Crippen LogP contribution in [0.2, 0.25) is 0 Å². The van der Waals surface area contributed by atoms with Crippen LogP contribution in [0.3, 0.4) is 0 Å². The number of rotatable bonds is 4. The molecule has 1 saturated heterocycles. The Morgan fingerprint density at radius 1 is 1.35 bits per heavy atom. The highest BCUT2D eigenvalue weighted by atomic mass is 16.6. The molecule has 0 spiro atoms. The number of ether oxygens (including phenoxy) is 2. The largest absolute Gasteiger partial charge is 0.453 e. The molecule has 0 radical (unpaired) electrons. The summed E-state index contributed by atoms with van der Waals surface area (Å²) in [7, 11) is 0. The zero-order valence-electron chi connectivity index (χ0n) is 18.8. The number of aliphatic hydroxyl groups excluding tert-OH is 3. The average Bonchev–Trinajstić information content (AvgIpc) is 2.69. The molecule has 3 aliphatic rings. The van der Waals surface area contributed by atoms with Gasteiger partial charge in [-0.2, -0.15) is 0 Å². The van der Waals surface area contributed by atoms with Gasteiger partial charge in [0.2, 0.25) is 0 Å². The summed E-state index contributed by atoms with van der Waals surface area (Å²) in [6, 6.07) is 0. The Hall–Kier alpha value is -1.58. The zero-order chi connectivity index (χ0) is 23.6. The smallest absolute Gasteiger partial charge is 0.338 e. The van der Waals surface area contributed by atoms with Crippen LogP contribution in [0.4, 0.5) is 0 Å². The number of ketones is 1. The maximum atomic E-state index is 13.6. The van der Waals surface area contributed by atoms with Crippen molar-refractivity contribution in [3.05, 3.63) is 24.3 Å². The van der Waals surface area contributed by atoms with Gasteiger partial charge >= 0.3 is 5.97 Å². The molecule has 7 atom stereocenters. The van der Waals surface area contributed by atoms with Gasteiger partial charge in [-0.3, -0.25) is 4.79 Å². The van der Waals surface area contributed by atoms with E-state index in [2.05, 4.69) is 6.58 Å². The summed E-state index contributed by atoms with van der Waals surface area (Å²) < 4.78 is 11.8. The minimum absolute atomic E-state index is 0.168. The van der Waals surface area contributed by atoms with Crippen LogP contribution in [0.5, 0.6) is 0 Å². The quantitative estimate of drug-likeness (QED) is 0.374. The van der Waals surface area contributed by atoms with E-state index in [0.717, 1.165) is 0 Å². The standard InChI is InChI=1S/C23H34O8/c1-7-20(4)11-16(27)23(29)21(5)14(19(2,3)9-8-15(21)26)10-17(22(23,6)31-20)30-18(28)13(25)12-24/h7,10,13,15,17,24-26,29H,1,8-9,11-12H2,2-6H3/t13-,15-,17-,20-,21+,22+,23-/m0/s1. The number of esters is 1. The van der Waals surface area contributed by atoms with Gasteiger partial charge in [-0.15, -0.1) is 6.58 Å². The molecule has 0 bridgehead atoms. The van der Waals surface area contributed by atoms with E-state index in [4.69, 9.17) is 14.6 Å². The summed E-state index contributed by atoms with van der Waals surface area (Å²) in [5, 5.41) is 42.2. The maximum Gasteiger partial charge on any atom is 0.338 e. The van der Waals surface area contributed by atoms with Crippen molar-refractivity contribution in [3.8, 4) is 0 Å². The minimum atomic E-state index is -2.22. The molecule has 174 valence electrons. The van der Waals surface area contributed by atoms with Gasteiger partial charge < -0.3 is 29.9 Å². The summed E-state index contributed by atoms with van der Waals surface area (Å²) in [5.74, 6) is -1.65. The van der Waals surface area contributed by atoms with Gasteiger partial charge in [0.05, 0.1) is 23.7 Å². The lowest BCUT2D eigenvalue weighted by Crippen LogP contribution is -2.81. The van der Waals surface area contributed by atoms with E-state index in [0.29, 0.717) is 18.4 Å². The molecule has 0 aromatic heterocycles. The lowest BCUT2D eigenvalue weighted by Gasteiger charge is -2.66. The van der Waals surface area contributed by atoms with Gasteiger partial charge in [-0.05, 0) is 45.1 Å². The molecule has 1 heterocycles. The third-order valence-electron chi connectivity index (χ3n) is 7.81. The first-order chi connectivity index (χ1) is 14.1. The van der Waals surface area contributed by atoms with Crippen LogP contribution in [-0.2, 0) is 19.1 Å². The highest BCUT2D eigenvalue weighted by Gasteiger charge is 2.76. The van der Waals surface area contributed by atoms with Gasteiger partial charge in [-0.25, -0.2) is 4.79 Å². The van der Waals surface area contributed by atoms with Crippen LogP contribution in [0.25, 0.3) is 0 Å². The van der Waals surface area contributed by atoms with Crippen molar-refractivity contribution in [2.75, 3.05) is 6.61 Å². The summed E-state index contributed by atoms with van der Waals surface area (Å²) >= 11 is 0. The van der Waals surface area contributed by atoms with E-state index >= 15 is 0 Å². The number of hydrogen-bond acceptors (Lipinski definition) is 8. The maximum absolute atomic E-state index is 13.6. The van der Waals surface area contributed by atoms with Crippen LogP contribution >= 0.6 is 0 Å². The Bertz CT molecular complexity index is 833. The van der Waals surface area contributed by atoms with Crippen LogP contribution in [-0.4, -0.2) is 73.9 Å². The van der Waals surface area contributed by atoms with E-state index in [1.807, 2.05) is 13.8 Å². The van der Waals surface area contributed by atoms with E-state index in [1.165, 1.54) is 13.0 Å². The number of hydrogen-bond donors (Lipinski definition) is 4. The lowest BCUT2D eigenvalue weighted by molar-refractivity contribution is -0.306. The van der Waals surface area contributed by atoms with Crippen molar-refractivity contribution >= 4 is 11.8 Å². The van der Waals surface area contributed by atoms with Crippen molar-refractivity contribution in [1.29, 1.82) is 0 Å². The van der Waals surface area contributed by atoms with Crippen molar-refractivity contribution in [2.24, 2.45) is 10.8 Å². The normalized spacial score (nSPS) is 45.1. The Morgan fingerprint density at radius 3 is 2.52 bits per heavy atom. The molecule has 8 heteroatoms. The fourth-order valence-electron chi connectivity index (χ4n) is 5.87. The first-order valence-electron chi connectivity index (χ1n) is 10.6. The second-order valence-electron chi connectivity index (χ2n) is 10.3. The minimum Gasteiger partial charge on any atom is -0.453 e. The molecule has 4 N–H and O–H groups in total. The first kappa shape index (κ1) is 24.1. The molecule has 2 aliphatic carbocycles. The number of carbonyl (C=O) groups is 2. The lowest BCUT2D eigenvalue weighted by atomic mass is 9.44. The molecule has 0 unspecified atom stereocenters. The third-order valence-corrected chi connectivity index (χ3v) is 7.81. The predicted octanol–water partition coefficient (Wildman–Crippen LogP) is 0.802. The van der Waals surface area contributed by atoms with E-state index in [1.54, 1.807) is 19.9 Å². The Balaban J connectivity index is 2.29. The molecular formula is C23H34O8. The Morgan fingerprint density at radius 2 is 1.97 bits per heavy atom. The molecule has 3 rings (SSSR count). The van der Waals surface area contributed by atoms with E-state index < -0.39 is 64.3 Å². The molecule has 8 nitrogen and oxygen atoms in total. The molecule has 0 aromatic rings. The Labute approximate surface area is 182 Å². The van der Waals surface area contributed by atoms with Crippen LogP contribution in [0.1, 0.15) is 53.9 Å². The number of fused-ring (bicyclic) bond motifs is 3. The second-order valence-corrected chi connectivity index (χ2v) is 10.3. The van der Waals surface area contributed by atoms with Crippen molar-refractivity contribution in [1.82, 2.24) is 0 Å². The zero-order valence-corrected chi connectivity index (χ0v) is 18.8. The van der Waals surface area contributed by atoms with E-state index in [9.17, 15) is 24.9 Å². The van der Waals surface area contributed by atoms with Crippen molar-refractivity contribution < 1.29 is 39.5 Å². The molecule has 0 aromatic carbocycles. The highest BCUT2D eigenvalue weighted by Crippen LogP contribution is 2.64. The van der Waals surface area contributed by atoms with E-state index in [-0.39, 0.29) is 6.42 Å². The van der Waals surface area contributed by atoms with Crippen LogP contribution in [0, 0.1) is 10.8 Å². The van der Waals surface area contributed by atoms with Gasteiger partial charge in [0, 0.05) is 6.42 Å². The molecule has 2 fully saturated rings. The fraction of sp³-hybridized carbons (Fsp3) is 0.739. The monoisotopic (exact) mass is 438 g/mol. The molecule has 1 saturated carbocycles. The van der Waals surface area contributed by atoms with Crippen molar-refractivity contribution in [2.45, 2.75) is 89.0 Å². The second kappa shape index (κ2) is 7.22. The molecule has 1 aliphatic heterocycles. The molecule has 0 amide bonds. The SMILES string of the molecule is C=C[C@@]1(C)CC(=O)[C@@]2(O)[C@](C)(O1)[C@@H](OC(=O)[C@@H](O)CO)C=C1C(C)(C)CC[C@H](O)[C@@]12C. The number of carbonyl (C=O) groups excluding carboxylic acids is 2. The number of aliphatic hydroxyl groups is 4. The van der Waals surface area contributed by atoms with Crippen LogP contribution < -0.4 is 0 Å². The highest BCUT2D eigenvalue weighted by molar-refractivity contribution is 5.93. The summed E-state index contributed by atoms with van der Waals surface area (Å²) in [5.41, 5.74) is -6.46. The summed E-state index contributed by atoms with van der Waals surface area (Å²) in [6.07, 6.45) is -0.183. The average molecular weight is 439 g/mol. The van der Waals surface area contributed by atoms with Gasteiger partial charge in [-0.1, -0.05) is 25.5 Å².